The van der Waals surface area contributed by atoms with E-state index in [-0.39, 0.29) is 11.6 Å². The number of nitrogens with one attached hydrogen (secondary N) is 2. The fourth-order valence-electron chi connectivity index (χ4n) is 3.09. The van der Waals surface area contributed by atoms with E-state index < -0.39 is 28.2 Å². The zero-order valence-electron chi connectivity index (χ0n) is 16.0. The summed E-state index contributed by atoms with van der Waals surface area (Å²) < 4.78 is 39.3. The maximum atomic E-state index is 12.8. The Morgan fingerprint density at radius 2 is 2.00 bits per heavy atom. The summed E-state index contributed by atoms with van der Waals surface area (Å²) in [6, 6.07) is 6.74. The Morgan fingerprint density at radius 1 is 1.28 bits per heavy atom. The molecule has 0 spiro atoms. The van der Waals surface area contributed by atoms with Crippen LogP contribution >= 0.6 is 11.6 Å². The average molecular weight is 441 g/mol. The number of hydrogen-bond acceptors (Lipinski definition) is 6. The zero-order chi connectivity index (χ0) is 21.2. The van der Waals surface area contributed by atoms with Crippen LogP contribution in [0.1, 0.15) is 18.0 Å². The van der Waals surface area contributed by atoms with E-state index in [1.165, 1.54) is 27.5 Å². The fraction of sp³-hybridized carbons (Fsp3) is 0.333. The number of ether oxygens (including phenoxy) is 2. The van der Waals surface area contributed by atoms with E-state index in [1.807, 2.05) is 0 Å². The lowest BCUT2D eigenvalue weighted by molar-refractivity contribution is -0.120. The molecule has 1 fully saturated rings. The molecule has 11 heteroatoms. The molecule has 0 bridgehead atoms. The highest BCUT2D eigenvalue weighted by atomic mass is 35.5. The number of anilines is 1. The molecule has 29 heavy (non-hydrogen) atoms. The quantitative estimate of drug-likeness (QED) is 0.688. The van der Waals surface area contributed by atoms with Gasteiger partial charge >= 0.3 is 0 Å². The molecule has 1 aliphatic rings. The summed E-state index contributed by atoms with van der Waals surface area (Å²) in [7, 11) is 0.469. The maximum Gasteiger partial charge on any atom is 0.280 e. The molecule has 3 rings (SSSR count). The van der Waals surface area contributed by atoms with E-state index in [1.54, 1.807) is 30.3 Å². The first-order chi connectivity index (χ1) is 13.8. The van der Waals surface area contributed by atoms with Gasteiger partial charge in [0.2, 0.25) is 5.91 Å². The Hall–Kier alpha value is -2.40. The van der Waals surface area contributed by atoms with E-state index in [2.05, 4.69) is 15.0 Å². The first kappa shape index (κ1) is 21.3. The van der Waals surface area contributed by atoms with Crippen LogP contribution in [0.3, 0.4) is 0 Å². The van der Waals surface area contributed by atoms with Gasteiger partial charge in [0.25, 0.3) is 10.2 Å². The van der Waals surface area contributed by atoms with Crippen molar-refractivity contribution in [3.63, 3.8) is 0 Å². The third-order valence-corrected chi connectivity index (χ3v) is 6.59. The topological polar surface area (TPSA) is 110 Å². The Balaban J connectivity index is 1.89. The molecule has 0 radical (unpaired) electrons. The van der Waals surface area contributed by atoms with Crippen molar-refractivity contribution >= 4 is 33.4 Å². The molecule has 1 amide bonds. The Morgan fingerprint density at radius 3 is 2.66 bits per heavy atom. The lowest BCUT2D eigenvalue weighted by Crippen LogP contribution is -2.55. The smallest absolute Gasteiger partial charge is 0.280 e. The standard InChI is InChI=1S/C18H21ClN4O5S/c1-23-14(18(24)21-12-5-4-8-20-17(12)19)10-13(22-29(23,25)26)11-6-7-15(27-2)16(9-11)28-3/h4-9,13-14,22H,10H2,1-3H3,(H,21,24)/t13-,14+/m0/s1. The van der Waals surface area contributed by atoms with Crippen molar-refractivity contribution in [2.75, 3.05) is 26.6 Å². The first-order valence-corrected chi connectivity index (χ1v) is 10.5. The van der Waals surface area contributed by atoms with Gasteiger partial charge in [-0.15, -0.1) is 0 Å². The monoisotopic (exact) mass is 440 g/mol. The molecule has 1 aromatic carbocycles. The SMILES string of the molecule is COc1ccc([C@@H]2C[C@H](C(=O)Nc3cccnc3Cl)N(C)S(=O)(=O)N2)cc1OC. The predicted octanol–water partition coefficient (Wildman–Crippen LogP) is 1.97. The highest BCUT2D eigenvalue weighted by molar-refractivity contribution is 7.87. The summed E-state index contributed by atoms with van der Waals surface area (Å²) in [6.07, 6.45) is 1.70. The van der Waals surface area contributed by atoms with Gasteiger partial charge in [-0.2, -0.15) is 17.4 Å². The molecule has 0 unspecified atom stereocenters. The summed E-state index contributed by atoms with van der Waals surface area (Å²) in [5.74, 6) is 0.483. The van der Waals surface area contributed by atoms with Crippen molar-refractivity contribution in [2.45, 2.75) is 18.5 Å². The molecule has 2 N–H and O–H groups in total. The molecule has 0 saturated carbocycles. The molecule has 1 aromatic heterocycles. The number of benzene rings is 1. The molecule has 0 aliphatic carbocycles. The van der Waals surface area contributed by atoms with Gasteiger partial charge in [0.05, 0.1) is 25.9 Å². The number of pyridine rings is 1. The predicted molar refractivity (Wildman–Crippen MR) is 108 cm³/mol. The van der Waals surface area contributed by atoms with Crippen LogP contribution in [0.5, 0.6) is 11.5 Å². The van der Waals surface area contributed by atoms with E-state index in [0.717, 1.165) is 4.31 Å². The lowest BCUT2D eigenvalue weighted by Gasteiger charge is -2.36. The minimum Gasteiger partial charge on any atom is -0.493 e. The minimum absolute atomic E-state index is 0.122. The average Bonchev–Trinajstić information content (AvgIpc) is 2.70. The van der Waals surface area contributed by atoms with Crippen molar-refractivity contribution < 1.29 is 22.7 Å². The molecule has 9 nitrogen and oxygen atoms in total. The van der Waals surface area contributed by atoms with Crippen molar-refractivity contribution in [3.05, 3.63) is 47.2 Å². The minimum atomic E-state index is -3.89. The normalized spacial score (nSPS) is 21.4. The number of methoxy groups -OCH3 is 2. The van der Waals surface area contributed by atoms with Crippen LogP contribution in [0.25, 0.3) is 0 Å². The molecular formula is C18H21ClN4O5S. The van der Waals surface area contributed by atoms with Gasteiger partial charge in [-0.25, -0.2) is 4.98 Å². The van der Waals surface area contributed by atoms with Gasteiger partial charge in [-0.05, 0) is 36.2 Å². The summed E-state index contributed by atoms with van der Waals surface area (Å²) in [5.41, 5.74) is 0.961. The third-order valence-electron chi connectivity index (χ3n) is 4.70. The van der Waals surface area contributed by atoms with Crippen LogP contribution in [-0.4, -0.2) is 50.9 Å². The van der Waals surface area contributed by atoms with Crippen LogP contribution in [0.15, 0.2) is 36.5 Å². The second-order valence-corrected chi connectivity index (χ2v) is 8.51. The lowest BCUT2D eigenvalue weighted by atomic mass is 9.99. The fourth-order valence-corrected chi connectivity index (χ4v) is 4.53. The Kier molecular flexibility index (Phi) is 6.27. The zero-order valence-corrected chi connectivity index (χ0v) is 17.6. The number of amides is 1. The van der Waals surface area contributed by atoms with Gasteiger partial charge in [0.15, 0.2) is 16.7 Å². The van der Waals surface area contributed by atoms with E-state index >= 15 is 0 Å². The number of rotatable bonds is 5. The van der Waals surface area contributed by atoms with E-state index in [9.17, 15) is 13.2 Å². The van der Waals surface area contributed by atoms with Crippen molar-refractivity contribution in [1.82, 2.24) is 14.0 Å². The van der Waals surface area contributed by atoms with Gasteiger partial charge in [-0.1, -0.05) is 17.7 Å². The summed E-state index contributed by atoms with van der Waals surface area (Å²) in [5, 5.41) is 2.77. The van der Waals surface area contributed by atoms with Gasteiger partial charge in [-0.3, -0.25) is 4.79 Å². The number of halogens is 1. The molecule has 1 saturated heterocycles. The van der Waals surface area contributed by atoms with Gasteiger partial charge < -0.3 is 14.8 Å². The molecule has 2 aromatic rings. The molecule has 2 atom stereocenters. The number of hydrogen-bond donors (Lipinski definition) is 2. The Bertz CT molecular complexity index is 1020. The summed E-state index contributed by atoms with van der Waals surface area (Å²) >= 11 is 5.99. The van der Waals surface area contributed by atoms with Crippen molar-refractivity contribution in [1.29, 1.82) is 0 Å². The van der Waals surface area contributed by atoms with Crippen LogP contribution in [-0.2, 0) is 15.0 Å². The molecule has 156 valence electrons. The number of nitrogens with zero attached hydrogens (tertiary/aromatic N) is 2. The highest BCUT2D eigenvalue weighted by Gasteiger charge is 2.41. The molecule has 2 heterocycles. The number of carbonyl (C=O) groups excluding carboxylic acids is 1. The molecular weight excluding hydrogens is 420 g/mol. The number of aromatic nitrogens is 1. The van der Waals surface area contributed by atoms with E-state index in [0.29, 0.717) is 22.7 Å². The van der Waals surface area contributed by atoms with Crippen molar-refractivity contribution in [2.24, 2.45) is 0 Å². The summed E-state index contributed by atoms with van der Waals surface area (Å²) in [4.78, 5) is 16.7. The second-order valence-electron chi connectivity index (χ2n) is 6.39. The number of likely N-dealkylation sites (N-methyl/N-ethyl adjacent to an activating group) is 1. The number of carbonyl (C=O) groups is 1. The van der Waals surface area contributed by atoms with E-state index in [4.69, 9.17) is 21.1 Å². The van der Waals surface area contributed by atoms with Crippen LogP contribution in [0.2, 0.25) is 5.15 Å². The van der Waals surface area contributed by atoms with Gasteiger partial charge in [0, 0.05) is 13.2 Å². The summed E-state index contributed by atoms with van der Waals surface area (Å²) in [6.45, 7) is 0. The van der Waals surface area contributed by atoms with Crippen LogP contribution < -0.4 is 19.5 Å². The maximum absolute atomic E-state index is 12.8. The highest BCUT2D eigenvalue weighted by Crippen LogP contribution is 2.34. The second kappa shape index (κ2) is 8.54. The van der Waals surface area contributed by atoms with Gasteiger partial charge in [0.1, 0.15) is 6.04 Å². The Labute approximate surface area is 174 Å². The first-order valence-electron chi connectivity index (χ1n) is 8.65. The van der Waals surface area contributed by atoms with Crippen LogP contribution in [0.4, 0.5) is 5.69 Å². The van der Waals surface area contributed by atoms with Crippen molar-refractivity contribution in [3.8, 4) is 11.5 Å². The molecule has 1 aliphatic heterocycles. The third kappa shape index (κ3) is 4.45. The largest absolute Gasteiger partial charge is 0.493 e. The van der Waals surface area contributed by atoms with Crippen LogP contribution in [0, 0.1) is 0 Å².